The van der Waals surface area contributed by atoms with Crippen LogP contribution in [0.3, 0.4) is 0 Å². The lowest BCUT2D eigenvalue weighted by atomic mass is 10.1. The standard InChI is InChI=1S/C14H13N3O4/c15-9-2-3-10-8(7-9)1-4-11(10)16-14(18)12-5-6-13(21-12)17(19)20/h2-3,5-7,11H,1,4,15H2,(H,16,18). The molecule has 7 heteroatoms. The summed E-state index contributed by atoms with van der Waals surface area (Å²) in [4.78, 5) is 21.9. The first-order valence-electron chi connectivity index (χ1n) is 6.48. The van der Waals surface area contributed by atoms with Crippen LogP contribution in [0.15, 0.2) is 34.7 Å². The van der Waals surface area contributed by atoms with Crippen LogP contribution >= 0.6 is 0 Å². The molecule has 1 aliphatic rings. The van der Waals surface area contributed by atoms with Crippen molar-refractivity contribution < 1.29 is 14.1 Å². The van der Waals surface area contributed by atoms with Crippen LogP contribution in [0.4, 0.5) is 11.6 Å². The van der Waals surface area contributed by atoms with Crippen molar-refractivity contribution in [3.05, 3.63) is 57.3 Å². The number of anilines is 1. The number of nitrogen functional groups attached to an aromatic ring is 1. The van der Waals surface area contributed by atoms with Crippen molar-refractivity contribution in [1.82, 2.24) is 5.32 Å². The highest BCUT2D eigenvalue weighted by Crippen LogP contribution is 2.32. The second-order valence-corrected chi connectivity index (χ2v) is 4.92. The predicted octanol–water partition coefficient (Wildman–Crippen LogP) is 2.19. The van der Waals surface area contributed by atoms with Crippen LogP contribution in [-0.2, 0) is 6.42 Å². The third-order valence-electron chi connectivity index (χ3n) is 3.55. The fourth-order valence-corrected chi connectivity index (χ4v) is 2.56. The van der Waals surface area contributed by atoms with E-state index in [9.17, 15) is 14.9 Å². The van der Waals surface area contributed by atoms with Crippen molar-refractivity contribution in [2.75, 3.05) is 5.73 Å². The summed E-state index contributed by atoms with van der Waals surface area (Å²) in [6, 6.07) is 7.93. The Labute approximate surface area is 119 Å². The second kappa shape index (κ2) is 4.93. The summed E-state index contributed by atoms with van der Waals surface area (Å²) in [6.45, 7) is 0. The molecule has 1 heterocycles. The summed E-state index contributed by atoms with van der Waals surface area (Å²) >= 11 is 0. The lowest BCUT2D eigenvalue weighted by Gasteiger charge is -2.13. The molecular weight excluding hydrogens is 274 g/mol. The number of nitrogens with one attached hydrogen (secondary N) is 1. The molecule has 0 saturated heterocycles. The van der Waals surface area contributed by atoms with Gasteiger partial charge in [0.15, 0.2) is 5.76 Å². The van der Waals surface area contributed by atoms with E-state index in [0.717, 1.165) is 30.0 Å². The van der Waals surface area contributed by atoms with Crippen LogP contribution in [-0.4, -0.2) is 10.8 Å². The minimum Gasteiger partial charge on any atom is -0.399 e. The molecule has 1 aromatic carbocycles. The number of carbonyl (C=O) groups is 1. The summed E-state index contributed by atoms with van der Waals surface area (Å²) in [7, 11) is 0. The number of furan rings is 1. The van der Waals surface area contributed by atoms with E-state index in [1.807, 2.05) is 12.1 Å². The van der Waals surface area contributed by atoms with Crippen molar-refractivity contribution in [2.45, 2.75) is 18.9 Å². The van der Waals surface area contributed by atoms with Crippen LogP contribution in [0.1, 0.15) is 34.1 Å². The van der Waals surface area contributed by atoms with Gasteiger partial charge in [-0.15, -0.1) is 0 Å². The SMILES string of the molecule is Nc1ccc2c(c1)CCC2NC(=O)c1ccc([N+](=O)[O-])o1. The molecule has 3 N–H and O–H groups in total. The number of nitrogens with two attached hydrogens (primary N) is 1. The zero-order valence-electron chi connectivity index (χ0n) is 11.0. The van der Waals surface area contributed by atoms with E-state index in [-0.39, 0.29) is 11.8 Å². The first-order chi connectivity index (χ1) is 10.0. The summed E-state index contributed by atoms with van der Waals surface area (Å²) in [6.07, 6.45) is 1.61. The van der Waals surface area contributed by atoms with Crippen LogP contribution in [0.5, 0.6) is 0 Å². The van der Waals surface area contributed by atoms with Gasteiger partial charge in [0.25, 0.3) is 5.91 Å². The third-order valence-corrected chi connectivity index (χ3v) is 3.55. The van der Waals surface area contributed by atoms with E-state index in [0.29, 0.717) is 5.69 Å². The molecule has 1 unspecified atom stereocenters. The zero-order valence-corrected chi connectivity index (χ0v) is 11.0. The molecule has 3 rings (SSSR count). The van der Waals surface area contributed by atoms with E-state index in [2.05, 4.69) is 5.32 Å². The highest BCUT2D eigenvalue weighted by molar-refractivity contribution is 5.92. The third kappa shape index (κ3) is 2.45. The molecule has 0 radical (unpaired) electrons. The molecule has 0 aliphatic heterocycles. The number of nitro groups is 1. The summed E-state index contributed by atoms with van der Waals surface area (Å²) in [5, 5.41) is 13.4. The van der Waals surface area contributed by atoms with E-state index < -0.39 is 16.7 Å². The Balaban J connectivity index is 1.76. The Morgan fingerprint density at radius 1 is 1.38 bits per heavy atom. The Morgan fingerprint density at radius 2 is 2.19 bits per heavy atom. The van der Waals surface area contributed by atoms with Gasteiger partial charge in [-0.05, 0) is 42.2 Å². The quantitative estimate of drug-likeness (QED) is 0.510. The minimum atomic E-state index is -0.676. The molecule has 1 atom stereocenters. The van der Waals surface area contributed by atoms with Gasteiger partial charge < -0.3 is 15.5 Å². The molecule has 0 spiro atoms. The van der Waals surface area contributed by atoms with Gasteiger partial charge in [0.2, 0.25) is 0 Å². The number of hydrogen-bond donors (Lipinski definition) is 2. The normalized spacial score (nSPS) is 16.5. The van der Waals surface area contributed by atoms with Gasteiger partial charge in [0.1, 0.15) is 4.92 Å². The van der Waals surface area contributed by atoms with Gasteiger partial charge >= 0.3 is 5.88 Å². The number of carbonyl (C=O) groups excluding carboxylic acids is 1. The molecule has 7 nitrogen and oxygen atoms in total. The van der Waals surface area contributed by atoms with Crippen LogP contribution in [0.25, 0.3) is 0 Å². The molecule has 0 saturated carbocycles. The predicted molar refractivity (Wildman–Crippen MR) is 74.7 cm³/mol. The first-order valence-corrected chi connectivity index (χ1v) is 6.48. The summed E-state index contributed by atoms with van der Waals surface area (Å²) in [5.41, 5.74) is 8.57. The fraction of sp³-hybridized carbons (Fsp3) is 0.214. The second-order valence-electron chi connectivity index (χ2n) is 4.92. The molecule has 0 bridgehead atoms. The van der Waals surface area contributed by atoms with Crippen molar-refractivity contribution in [3.8, 4) is 0 Å². The monoisotopic (exact) mass is 287 g/mol. The van der Waals surface area contributed by atoms with E-state index in [1.165, 1.54) is 6.07 Å². The Kier molecular flexibility index (Phi) is 3.09. The molecule has 21 heavy (non-hydrogen) atoms. The lowest BCUT2D eigenvalue weighted by molar-refractivity contribution is -0.402. The maximum absolute atomic E-state index is 12.1. The minimum absolute atomic E-state index is 0.0643. The van der Waals surface area contributed by atoms with Crippen molar-refractivity contribution >= 4 is 17.5 Å². The number of nitrogens with zero attached hydrogens (tertiary/aromatic N) is 1. The first kappa shape index (κ1) is 13.2. The fourth-order valence-electron chi connectivity index (χ4n) is 2.56. The van der Waals surface area contributed by atoms with Gasteiger partial charge in [0, 0.05) is 5.69 Å². The van der Waals surface area contributed by atoms with Crippen molar-refractivity contribution in [2.24, 2.45) is 0 Å². The molecule has 0 fully saturated rings. The van der Waals surface area contributed by atoms with E-state index in [1.54, 1.807) is 6.07 Å². The summed E-state index contributed by atoms with van der Waals surface area (Å²) in [5.74, 6) is -0.969. The molecule has 2 aromatic rings. The zero-order chi connectivity index (χ0) is 15.0. The van der Waals surface area contributed by atoms with Gasteiger partial charge in [-0.1, -0.05) is 6.07 Å². The van der Waals surface area contributed by atoms with Gasteiger partial charge in [-0.2, -0.15) is 0 Å². The van der Waals surface area contributed by atoms with Crippen LogP contribution in [0.2, 0.25) is 0 Å². The highest BCUT2D eigenvalue weighted by atomic mass is 16.6. The molecular formula is C14H13N3O4. The largest absolute Gasteiger partial charge is 0.433 e. The Morgan fingerprint density at radius 3 is 2.90 bits per heavy atom. The van der Waals surface area contributed by atoms with Crippen molar-refractivity contribution in [1.29, 1.82) is 0 Å². The average Bonchev–Trinajstić information content (AvgIpc) is 3.06. The smallest absolute Gasteiger partial charge is 0.399 e. The Hall–Kier alpha value is -2.83. The van der Waals surface area contributed by atoms with Gasteiger partial charge in [-0.25, -0.2) is 0 Å². The molecule has 1 aromatic heterocycles. The van der Waals surface area contributed by atoms with E-state index in [4.69, 9.17) is 10.2 Å². The van der Waals surface area contributed by atoms with Crippen LogP contribution < -0.4 is 11.1 Å². The molecule has 1 amide bonds. The number of amides is 1. The number of hydrogen-bond acceptors (Lipinski definition) is 5. The Bertz CT molecular complexity index is 723. The number of rotatable bonds is 3. The van der Waals surface area contributed by atoms with E-state index >= 15 is 0 Å². The van der Waals surface area contributed by atoms with Gasteiger partial charge in [0.05, 0.1) is 12.1 Å². The van der Waals surface area contributed by atoms with Crippen molar-refractivity contribution in [3.63, 3.8) is 0 Å². The number of benzene rings is 1. The summed E-state index contributed by atoms with van der Waals surface area (Å²) < 4.78 is 4.89. The number of fused-ring (bicyclic) bond motifs is 1. The topological polar surface area (TPSA) is 111 Å². The highest BCUT2D eigenvalue weighted by Gasteiger charge is 2.26. The van der Waals surface area contributed by atoms with Gasteiger partial charge in [-0.3, -0.25) is 14.9 Å². The lowest BCUT2D eigenvalue weighted by Crippen LogP contribution is -2.26. The molecule has 1 aliphatic carbocycles. The maximum atomic E-state index is 12.1. The maximum Gasteiger partial charge on any atom is 0.433 e. The average molecular weight is 287 g/mol. The van der Waals surface area contributed by atoms with Crippen LogP contribution in [0, 0.1) is 10.1 Å². The number of aryl methyl sites for hydroxylation is 1. The molecule has 108 valence electrons.